The van der Waals surface area contributed by atoms with Gasteiger partial charge in [0.2, 0.25) is 5.91 Å². The molecule has 0 spiro atoms. The van der Waals surface area contributed by atoms with E-state index in [1.54, 1.807) is 7.11 Å². The summed E-state index contributed by atoms with van der Waals surface area (Å²) < 4.78 is 42.8. The summed E-state index contributed by atoms with van der Waals surface area (Å²) in [7, 11) is 1.57. The predicted molar refractivity (Wildman–Crippen MR) is 119 cm³/mol. The number of carbonyl (C=O) groups is 1. The first-order valence-corrected chi connectivity index (χ1v) is 10.6. The molecule has 2 heterocycles. The normalized spacial score (nSPS) is 12.3. The molecule has 0 aliphatic carbocycles. The molecule has 0 aliphatic rings. The highest BCUT2D eigenvalue weighted by atomic mass is 19.1. The van der Waals surface area contributed by atoms with Crippen molar-refractivity contribution < 1.29 is 23.0 Å². The topological polar surface area (TPSA) is 64.9 Å². The maximum atomic E-state index is 15.0. The molecule has 0 saturated heterocycles. The van der Waals surface area contributed by atoms with E-state index in [1.165, 1.54) is 19.1 Å². The lowest BCUT2D eigenvalue weighted by Crippen LogP contribution is -2.34. The van der Waals surface area contributed by atoms with E-state index >= 15 is 8.78 Å². The fraction of sp³-hybridized carbons (Fsp3) is 0.417. The first-order valence-electron chi connectivity index (χ1n) is 10.6. The molecule has 3 aromatic rings. The van der Waals surface area contributed by atoms with Crippen LogP contribution in [-0.2, 0) is 27.1 Å². The molecule has 0 radical (unpaired) electrons. The number of nitrogens with one attached hydrogen (secondary N) is 1. The van der Waals surface area contributed by atoms with Crippen molar-refractivity contribution in [2.24, 2.45) is 0 Å². The zero-order valence-electron chi connectivity index (χ0n) is 18.9. The van der Waals surface area contributed by atoms with Crippen molar-refractivity contribution >= 4 is 11.6 Å². The van der Waals surface area contributed by atoms with Crippen LogP contribution in [0.4, 0.5) is 8.78 Å². The number of carbonyl (C=O) groups excluding carboxylic acids is 1. The van der Waals surface area contributed by atoms with E-state index in [-0.39, 0.29) is 30.1 Å². The van der Waals surface area contributed by atoms with Crippen molar-refractivity contribution in [1.82, 2.24) is 14.7 Å². The molecule has 172 valence electrons. The molecule has 8 heteroatoms. The minimum Gasteiger partial charge on any atom is -0.382 e. The SMILES string of the molecule is CCc1cc(F)c(-c2nc3cc(C)ccn3c2CC(CNC(C)=O)OCCOC)c(F)c1. The van der Waals surface area contributed by atoms with Crippen LogP contribution in [0.3, 0.4) is 0 Å². The predicted octanol–water partition coefficient (Wildman–Crippen LogP) is 3.86. The molecule has 1 atom stereocenters. The number of benzene rings is 1. The summed E-state index contributed by atoms with van der Waals surface area (Å²) in [5.74, 6) is -1.49. The van der Waals surface area contributed by atoms with Crippen molar-refractivity contribution in [2.45, 2.75) is 39.7 Å². The Morgan fingerprint density at radius 3 is 2.56 bits per heavy atom. The number of fused-ring (bicyclic) bond motifs is 1. The van der Waals surface area contributed by atoms with E-state index in [1.807, 2.05) is 36.6 Å². The van der Waals surface area contributed by atoms with Gasteiger partial charge in [0, 0.05) is 33.2 Å². The van der Waals surface area contributed by atoms with Gasteiger partial charge in [-0.2, -0.15) is 0 Å². The van der Waals surface area contributed by atoms with E-state index in [4.69, 9.17) is 9.47 Å². The third kappa shape index (κ3) is 5.49. The van der Waals surface area contributed by atoms with E-state index in [0.717, 1.165) is 5.56 Å². The number of aromatic nitrogens is 2. The highest BCUT2D eigenvalue weighted by Gasteiger charge is 2.24. The summed E-state index contributed by atoms with van der Waals surface area (Å²) in [5, 5.41) is 2.76. The van der Waals surface area contributed by atoms with Crippen molar-refractivity contribution in [3.8, 4) is 11.3 Å². The lowest BCUT2D eigenvalue weighted by atomic mass is 10.0. The third-order valence-electron chi connectivity index (χ3n) is 5.27. The van der Waals surface area contributed by atoms with E-state index in [0.29, 0.717) is 36.5 Å². The summed E-state index contributed by atoms with van der Waals surface area (Å²) in [6.07, 6.45) is 2.21. The third-order valence-corrected chi connectivity index (χ3v) is 5.27. The number of rotatable bonds is 10. The minimum atomic E-state index is -0.651. The van der Waals surface area contributed by atoms with Gasteiger partial charge in [0.05, 0.1) is 36.3 Å². The molecule has 0 aliphatic heterocycles. The highest BCUT2D eigenvalue weighted by Crippen LogP contribution is 2.31. The van der Waals surface area contributed by atoms with Crippen molar-refractivity contribution in [3.05, 3.63) is 58.9 Å². The van der Waals surface area contributed by atoms with Gasteiger partial charge in [0.15, 0.2) is 0 Å². The Morgan fingerprint density at radius 1 is 1.22 bits per heavy atom. The molecule has 1 aromatic carbocycles. The summed E-state index contributed by atoms with van der Waals surface area (Å²) in [4.78, 5) is 16.0. The van der Waals surface area contributed by atoms with E-state index < -0.39 is 17.7 Å². The van der Waals surface area contributed by atoms with Gasteiger partial charge in [-0.3, -0.25) is 4.79 Å². The molecule has 1 amide bonds. The maximum Gasteiger partial charge on any atom is 0.216 e. The second-order valence-electron chi connectivity index (χ2n) is 7.75. The number of pyridine rings is 1. The lowest BCUT2D eigenvalue weighted by molar-refractivity contribution is -0.119. The molecule has 32 heavy (non-hydrogen) atoms. The van der Waals surface area contributed by atoms with E-state index in [2.05, 4.69) is 10.3 Å². The summed E-state index contributed by atoms with van der Waals surface area (Å²) in [6.45, 7) is 6.15. The molecule has 3 rings (SSSR count). The Kier molecular flexibility index (Phi) is 7.93. The van der Waals surface area contributed by atoms with Crippen LogP contribution in [-0.4, -0.2) is 48.3 Å². The number of amides is 1. The van der Waals surface area contributed by atoms with Crippen LogP contribution in [0.15, 0.2) is 30.5 Å². The second-order valence-corrected chi connectivity index (χ2v) is 7.75. The number of hydrogen-bond acceptors (Lipinski definition) is 4. The van der Waals surface area contributed by atoms with Crippen molar-refractivity contribution in [1.29, 1.82) is 0 Å². The zero-order chi connectivity index (χ0) is 23.3. The Bertz CT molecular complexity index is 1070. The number of ether oxygens (including phenoxy) is 2. The number of methoxy groups -OCH3 is 1. The maximum absolute atomic E-state index is 15.0. The number of aryl methyl sites for hydroxylation is 2. The van der Waals surface area contributed by atoms with Crippen LogP contribution in [0.1, 0.15) is 30.7 Å². The Labute approximate surface area is 186 Å². The van der Waals surface area contributed by atoms with Crippen LogP contribution in [0.2, 0.25) is 0 Å². The lowest BCUT2D eigenvalue weighted by Gasteiger charge is -2.19. The second kappa shape index (κ2) is 10.7. The van der Waals surface area contributed by atoms with E-state index in [9.17, 15) is 4.79 Å². The monoisotopic (exact) mass is 445 g/mol. The van der Waals surface area contributed by atoms with Gasteiger partial charge in [0.1, 0.15) is 17.3 Å². The fourth-order valence-corrected chi connectivity index (χ4v) is 3.61. The molecule has 0 bridgehead atoms. The van der Waals surface area contributed by atoms with Gasteiger partial charge in [0.25, 0.3) is 0 Å². The van der Waals surface area contributed by atoms with Crippen LogP contribution in [0.5, 0.6) is 0 Å². The first kappa shape index (κ1) is 23.8. The summed E-state index contributed by atoms with van der Waals surface area (Å²) in [6, 6.07) is 6.46. The molecule has 0 saturated carbocycles. The summed E-state index contributed by atoms with van der Waals surface area (Å²) in [5.41, 5.74) is 2.83. The Balaban J connectivity index is 2.09. The minimum absolute atomic E-state index is 0.159. The van der Waals surface area contributed by atoms with Crippen molar-refractivity contribution in [2.75, 3.05) is 26.9 Å². The van der Waals surface area contributed by atoms with Crippen LogP contribution < -0.4 is 5.32 Å². The van der Waals surface area contributed by atoms with Gasteiger partial charge < -0.3 is 19.2 Å². The van der Waals surface area contributed by atoms with Crippen molar-refractivity contribution in [3.63, 3.8) is 0 Å². The molecular weight excluding hydrogens is 416 g/mol. The highest BCUT2D eigenvalue weighted by molar-refractivity contribution is 5.73. The van der Waals surface area contributed by atoms with Crippen LogP contribution >= 0.6 is 0 Å². The van der Waals surface area contributed by atoms with Gasteiger partial charge in [-0.1, -0.05) is 6.92 Å². The molecular formula is C24H29F2N3O3. The Hall–Kier alpha value is -2.84. The largest absolute Gasteiger partial charge is 0.382 e. The number of nitrogens with zero attached hydrogens (tertiary/aromatic N) is 2. The molecule has 1 N–H and O–H groups in total. The number of halogens is 2. The van der Waals surface area contributed by atoms with Crippen LogP contribution in [0, 0.1) is 18.6 Å². The Morgan fingerprint density at radius 2 is 1.94 bits per heavy atom. The number of imidazole rings is 1. The van der Waals surface area contributed by atoms with Gasteiger partial charge in [-0.05, 0) is 48.7 Å². The zero-order valence-corrected chi connectivity index (χ0v) is 18.9. The fourth-order valence-electron chi connectivity index (χ4n) is 3.61. The standard InChI is InChI=1S/C24H29F2N3O3/c1-5-17-11-19(25)23(20(26)12-17)24-21(29-7-6-15(2)10-22(29)28-24)13-18(14-27-16(3)30)32-9-8-31-4/h6-7,10-12,18H,5,8-9,13-14H2,1-4H3,(H,27,30). The molecule has 2 aromatic heterocycles. The van der Waals surface area contributed by atoms with Crippen LogP contribution in [0.25, 0.3) is 16.9 Å². The smallest absolute Gasteiger partial charge is 0.216 e. The van der Waals surface area contributed by atoms with Gasteiger partial charge in [-0.15, -0.1) is 0 Å². The quantitative estimate of drug-likeness (QED) is 0.482. The average Bonchev–Trinajstić information content (AvgIpc) is 3.08. The average molecular weight is 446 g/mol. The molecule has 1 unspecified atom stereocenters. The first-order chi connectivity index (χ1) is 15.3. The van der Waals surface area contributed by atoms with Gasteiger partial charge >= 0.3 is 0 Å². The number of hydrogen-bond donors (Lipinski definition) is 1. The van der Waals surface area contributed by atoms with Gasteiger partial charge in [-0.25, -0.2) is 13.8 Å². The summed E-state index contributed by atoms with van der Waals surface area (Å²) >= 11 is 0. The molecule has 0 fully saturated rings. The molecule has 6 nitrogen and oxygen atoms in total.